The van der Waals surface area contributed by atoms with Gasteiger partial charge in [0.2, 0.25) is 10.0 Å². The van der Waals surface area contributed by atoms with Crippen LogP contribution in [0.3, 0.4) is 0 Å². The number of benzene rings is 1. The number of fused-ring (bicyclic) bond motifs is 1. The van der Waals surface area contributed by atoms with E-state index >= 15 is 0 Å². The Hall–Kier alpha value is -1.89. The zero-order chi connectivity index (χ0) is 18.7. The van der Waals surface area contributed by atoms with Crippen LogP contribution in [0.2, 0.25) is 0 Å². The Morgan fingerprint density at radius 1 is 1.07 bits per heavy atom. The minimum Gasteiger partial charge on any atom is -0.472 e. The molecule has 0 spiro atoms. The highest BCUT2D eigenvalue weighted by molar-refractivity contribution is 7.89. The van der Waals surface area contributed by atoms with E-state index in [9.17, 15) is 8.42 Å². The van der Waals surface area contributed by atoms with Gasteiger partial charge >= 0.3 is 0 Å². The number of furan rings is 1. The summed E-state index contributed by atoms with van der Waals surface area (Å²) in [5, 5.41) is 2.02. The van der Waals surface area contributed by atoms with E-state index in [0.717, 1.165) is 24.8 Å². The molecule has 142 valence electrons. The van der Waals surface area contributed by atoms with Crippen molar-refractivity contribution < 1.29 is 12.8 Å². The molecule has 4 rings (SSSR count). The van der Waals surface area contributed by atoms with Gasteiger partial charge in [0.15, 0.2) is 0 Å². The van der Waals surface area contributed by atoms with Crippen molar-refractivity contribution in [2.45, 2.75) is 43.5 Å². The first-order chi connectivity index (χ1) is 13.1. The Kier molecular flexibility index (Phi) is 5.48. The lowest BCUT2D eigenvalue weighted by Gasteiger charge is -2.23. The molecule has 1 aromatic carbocycles. The van der Waals surface area contributed by atoms with Gasteiger partial charge in [-0.2, -0.15) is 4.31 Å². The largest absolute Gasteiger partial charge is 0.472 e. The molecule has 0 unspecified atom stereocenters. The minimum absolute atomic E-state index is 0.321. The quantitative estimate of drug-likeness (QED) is 0.579. The Labute approximate surface area is 164 Å². The molecule has 0 radical (unpaired) electrons. The van der Waals surface area contributed by atoms with E-state index in [0.29, 0.717) is 24.4 Å². The molecule has 0 saturated heterocycles. The fourth-order valence-corrected chi connectivity index (χ4v) is 5.76. The maximum atomic E-state index is 13.4. The number of hydrogen-bond donors (Lipinski definition) is 0. The molecule has 3 aromatic rings. The number of nitrogens with zero attached hydrogens (tertiary/aromatic N) is 1. The fraction of sp³-hybridized carbons (Fsp3) is 0.333. The average molecular weight is 402 g/mol. The number of thiophene rings is 1. The Bertz CT molecular complexity index is 977. The van der Waals surface area contributed by atoms with E-state index in [1.54, 1.807) is 34.2 Å². The minimum atomic E-state index is -3.57. The van der Waals surface area contributed by atoms with Crippen molar-refractivity contribution in [2.75, 3.05) is 6.54 Å². The predicted molar refractivity (Wildman–Crippen MR) is 107 cm³/mol. The van der Waals surface area contributed by atoms with Crippen molar-refractivity contribution in [3.8, 4) is 0 Å². The summed E-state index contributed by atoms with van der Waals surface area (Å²) >= 11 is 1.66. The van der Waals surface area contributed by atoms with E-state index in [1.165, 1.54) is 22.4 Å². The predicted octanol–water partition coefficient (Wildman–Crippen LogP) is 4.65. The van der Waals surface area contributed by atoms with Gasteiger partial charge in [-0.1, -0.05) is 12.1 Å². The number of rotatable bonds is 7. The average Bonchev–Trinajstić information content (AvgIpc) is 3.38. The maximum absolute atomic E-state index is 13.4. The summed E-state index contributed by atoms with van der Waals surface area (Å²) in [7, 11) is -3.57. The molecule has 2 aromatic heterocycles. The lowest BCUT2D eigenvalue weighted by Crippen LogP contribution is -2.32. The van der Waals surface area contributed by atoms with Crippen LogP contribution < -0.4 is 0 Å². The summed E-state index contributed by atoms with van der Waals surface area (Å²) in [4.78, 5) is 1.59. The molecule has 1 aliphatic carbocycles. The van der Waals surface area contributed by atoms with Gasteiger partial charge in [-0.15, -0.1) is 11.3 Å². The molecule has 6 heteroatoms. The molecule has 0 atom stereocenters. The van der Waals surface area contributed by atoms with E-state index < -0.39 is 10.0 Å². The number of hydrogen-bond acceptors (Lipinski definition) is 4. The van der Waals surface area contributed by atoms with Crippen molar-refractivity contribution in [2.24, 2.45) is 0 Å². The normalized spacial score (nSPS) is 14.4. The van der Waals surface area contributed by atoms with Crippen molar-refractivity contribution in [3.05, 3.63) is 75.9 Å². The van der Waals surface area contributed by atoms with Crippen LogP contribution in [-0.4, -0.2) is 19.3 Å². The highest BCUT2D eigenvalue weighted by atomic mass is 32.2. The first kappa shape index (κ1) is 18.5. The van der Waals surface area contributed by atoms with Gasteiger partial charge in [-0.3, -0.25) is 0 Å². The molecule has 27 heavy (non-hydrogen) atoms. The first-order valence-electron chi connectivity index (χ1n) is 9.28. The van der Waals surface area contributed by atoms with Crippen LogP contribution in [0.5, 0.6) is 0 Å². The summed E-state index contributed by atoms with van der Waals surface area (Å²) in [5.74, 6) is 0. The third kappa shape index (κ3) is 4.18. The molecule has 1 aliphatic rings. The highest BCUT2D eigenvalue weighted by Gasteiger charge is 2.26. The zero-order valence-corrected chi connectivity index (χ0v) is 16.8. The van der Waals surface area contributed by atoms with Crippen molar-refractivity contribution in [3.63, 3.8) is 0 Å². The molecule has 0 saturated carbocycles. The second-order valence-electron chi connectivity index (χ2n) is 6.94. The fourth-order valence-electron chi connectivity index (χ4n) is 3.58. The molecule has 4 nitrogen and oxygen atoms in total. The van der Waals surface area contributed by atoms with Crippen LogP contribution in [0.4, 0.5) is 0 Å². The molecule has 0 aliphatic heterocycles. The van der Waals surface area contributed by atoms with E-state index in [1.807, 2.05) is 35.7 Å². The number of aryl methyl sites for hydroxylation is 2. The standard InChI is InChI=1S/C21H23NO3S2/c23-27(24,21-8-7-18-4-1-2-5-19(18)14-21)22(15-17-10-12-25-16-17)11-9-20-6-3-13-26-20/h3,6-8,10,12-14,16H,1-2,4-5,9,11,15H2. The van der Waals surface area contributed by atoms with Gasteiger partial charge in [-0.25, -0.2) is 8.42 Å². The van der Waals surface area contributed by atoms with E-state index in [2.05, 4.69) is 0 Å². The van der Waals surface area contributed by atoms with Gasteiger partial charge in [0, 0.05) is 23.5 Å². The van der Waals surface area contributed by atoms with Crippen LogP contribution in [0.1, 0.15) is 34.4 Å². The maximum Gasteiger partial charge on any atom is 0.243 e. The van der Waals surface area contributed by atoms with E-state index in [4.69, 9.17) is 4.42 Å². The van der Waals surface area contributed by atoms with Gasteiger partial charge in [0.25, 0.3) is 0 Å². The van der Waals surface area contributed by atoms with Crippen LogP contribution in [0, 0.1) is 0 Å². The smallest absolute Gasteiger partial charge is 0.243 e. The summed E-state index contributed by atoms with van der Waals surface area (Å²) < 4.78 is 33.5. The highest BCUT2D eigenvalue weighted by Crippen LogP contribution is 2.27. The third-order valence-corrected chi connectivity index (χ3v) is 7.86. The van der Waals surface area contributed by atoms with Crippen LogP contribution in [0.25, 0.3) is 0 Å². The van der Waals surface area contributed by atoms with Gasteiger partial charge < -0.3 is 4.42 Å². The molecule has 0 amide bonds. The Balaban J connectivity index is 1.62. The monoisotopic (exact) mass is 401 g/mol. The molecular formula is C21H23NO3S2. The van der Waals surface area contributed by atoms with Crippen LogP contribution in [-0.2, 0) is 35.8 Å². The molecular weight excluding hydrogens is 378 g/mol. The van der Waals surface area contributed by atoms with Gasteiger partial charge in [0.1, 0.15) is 0 Å². The van der Waals surface area contributed by atoms with E-state index in [-0.39, 0.29) is 0 Å². The van der Waals surface area contributed by atoms with Crippen molar-refractivity contribution in [1.29, 1.82) is 0 Å². The lowest BCUT2D eigenvalue weighted by molar-refractivity contribution is 0.408. The van der Waals surface area contributed by atoms with Crippen molar-refractivity contribution >= 4 is 21.4 Å². The van der Waals surface area contributed by atoms with Crippen LogP contribution >= 0.6 is 11.3 Å². The first-order valence-corrected chi connectivity index (χ1v) is 11.6. The number of sulfonamides is 1. The summed E-state index contributed by atoms with van der Waals surface area (Å²) in [6, 6.07) is 11.5. The van der Waals surface area contributed by atoms with Crippen molar-refractivity contribution in [1.82, 2.24) is 4.31 Å². The topological polar surface area (TPSA) is 50.5 Å². The molecule has 2 heterocycles. The summed E-state index contributed by atoms with van der Waals surface area (Å²) in [6.07, 6.45) is 8.24. The summed E-state index contributed by atoms with van der Waals surface area (Å²) in [5.41, 5.74) is 3.34. The Morgan fingerprint density at radius 2 is 1.93 bits per heavy atom. The molecule has 0 N–H and O–H groups in total. The third-order valence-electron chi connectivity index (χ3n) is 5.08. The van der Waals surface area contributed by atoms with Gasteiger partial charge in [0.05, 0.1) is 17.4 Å². The SMILES string of the molecule is O=S(=O)(c1ccc2c(c1)CCCC2)N(CCc1cccs1)Cc1ccoc1. The second-order valence-corrected chi connectivity index (χ2v) is 9.91. The Morgan fingerprint density at radius 3 is 2.67 bits per heavy atom. The summed E-state index contributed by atoms with van der Waals surface area (Å²) in [6.45, 7) is 0.770. The van der Waals surface area contributed by atoms with Crippen LogP contribution in [0.15, 0.2) is 63.6 Å². The molecule has 0 bridgehead atoms. The van der Waals surface area contributed by atoms with Gasteiger partial charge in [-0.05, 0) is 72.9 Å². The second kappa shape index (κ2) is 8.00. The molecule has 0 fully saturated rings. The zero-order valence-electron chi connectivity index (χ0n) is 15.1. The lowest BCUT2D eigenvalue weighted by atomic mass is 9.92.